The van der Waals surface area contributed by atoms with Gasteiger partial charge in [-0.15, -0.1) is 0 Å². The summed E-state index contributed by atoms with van der Waals surface area (Å²) in [7, 11) is 3.46. The third-order valence-corrected chi connectivity index (χ3v) is 6.22. The van der Waals surface area contributed by atoms with E-state index < -0.39 is 0 Å². The Morgan fingerprint density at radius 1 is 0.917 bits per heavy atom. The molecule has 8 nitrogen and oxygen atoms in total. The van der Waals surface area contributed by atoms with Gasteiger partial charge >= 0.3 is 0 Å². The molecule has 5 rings (SSSR count). The second-order valence-corrected chi connectivity index (χ2v) is 8.54. The van der Waals surface area contributed by atoms with Crippen LogP contribution in [0, 0.1) is 0 Å². The summed E-state index contributed by atoms with van der Waals surface area (Å²) in [6.07, 6.45) is 4.00. The molecule has 0 aliphatic heterocycles. The topological polar surface area (TPSA) is 93.8 Å². The molecule has 0 fully saturated rings. The highest BCUT2D eigenvalue weighted by Gasteiger charge is 2.16. The van der Waals surface area contributed by atoms with E-state index in [1.807, 2.05) is 72.3 Å². The van der Waals surface area contributed by atoms with Crippen LogP contribution in [-0.2, 0) is 20.0 Å². The zero-order valence-electron chi connectivity index (χ0n) is 20.1. The Morgan fingerprint density at radius 2 is 1.69 bits per heavy atom. The summed E-state index contributed by atoms with van der Waals surface area (Å²) >= 11 is 0. The predicted octanol–water partition coefficient (Wildman–Crippen LogP) is 3.64. The summed E-state index contributed by atoms with van der Waals surface area (Å²) in [6.45, 7) is 0.402. The molecule has 2 aromatic heterocycles. The van der Waals surface area contributed by atoms with E-state index in [2.05, 4.69) is 20.7 Å². The van der Waals surface area contributed by atoms with Crippen LogP contribution in [0.2, 0.25) is 0 Å². The maximum absolute atomic E-state index is 12.9. The van der Waals surface area contributed by atoms with Crippen molar-refractivity contribution in [1.29, 1.82) is 0 Å². The predicted molar refractivity (Wildman–Crippen MR) is 138 cm³/mol. The molecule has 0 aliphatic rings. The highest BCUT2D eigenvalue weighted by molar-refractivity contribution is 5.97. The average molecular weight is 479 g/mol. The Hall–Kier alpha value is -4.72. The molecule has 2 heterocycles. The molecule has 3 aromatic carbocycles. The number of benzene rings is 3. The minimum Gasteiger partial charge on any atom is -0.355 e. The number of amides is 2. The molecule has 180 valence electrons. The van der Waals surface area contributed by atoms with Crippen molar-refractivity contribution >= 4 is 22.8 Å². The average Bonchev–Trinajstić information content (AvgIpc) is 3.51. The lowest BCUT2D eigenvalue weighted by Crippen LogP contribution is -2.24. The van der Waals surface area contributed by atoms with E-state index in [4.69, 9.17) is 0 Å². The van der Waals surface area contributed by atoms with Gasteiger partial charge in [0.25, 0.3) is 11.8 Å². The quantitative estimate of drug-likeness (QED) is 0.374. The van der Waals surface area contributed by atoms with E-state index in [1.165, 1.54) is 0 Å². The van der Waals surface area contributed by atoms with Gasteiger partial charge < -0.3 is 10.6 Å². The first-order valence-corrected chi connectivity index (χ1v) is 11.6. The first-order chi connectivity index (χ1) is 17.5. The van der Waals surface area contributed by atoms with Crippen LogP contribution in [-0.4, -0.2) is 38.2 Å². The summed E-state index contributed by atoms with van der Waals surface area (Å²) < 4.78 is 3.72. The molecule has 0 bridgehead atoms. The van der Waals surface area contributed by atoms with Gasteiger partial charge in [-0.25, -0.2) is 4.98 Å². The molecule has 0 unspecified atom stereocenters. The van der Waals surface area contributed by atoms with Gasteiger partial charge in [-0.1, -0.05) is 42.5 Å². The maximum Gasteiger partial charge on any atom is 0.255 e. The minimum atomic E-state index is -0.148. The number of aryl methyl sites for hydroxylation is 1. The van der Waals surface area contributed by atoms with Crippen LogP contribution in [0.1, 0.15) is 37.5 Å². The molecular formula is C28H26N6O2. The molecule has 0 saturated carbocycles. The van der Waals surface area contributed by atoms with E-state index in [0.717, 1.165) is 33.5 Å². The number of rotatable bonds is 7. The summed E-state index contributed by atoms with van der Waals surface area (Å²) in [6, 6.07) is 23.4. The van der Waals surface area contributed by atoms with Gasteiger partial charge in [0.15, 0.2) is 0 Å². The van der Waals surface area contributed by atoms with Crippen molar-refractivity contribution < 1.29 is 9.59 Å². The van der Waals surface area contributed by atoms with E-state index in [1.54, 1.807) is 36.4 Å². The molecule has 0 radical (unpaired) electrons. The number of aromatic nitrogens is 4. The Kier molecular flexibility index (Phi) is 6.32. The number of carbonyl (C=O) groups excluding carboxylic acids is 2. The normalized spacial score (nSPS) is 10.9. The zero-order chi connectivity index (χ0) is 25.1. The smallest absolute Gasteiger partial charge is 0.255 e. The lowest BCUT2D eigenvalue weighted by molar-refractivity contribution is 0.0946. The van der Waals surface area contributed by atoms with Gasteiger partial charge in [0, 0.05) is 38.3 Å². The van der Waals surface area contributed by atoms with Gasteiger partial charge in [0.1, 0.15) is 6.33 Å². The molecule has 0 spiro atoms. The molecular weight excluding hydrogens is 452 g/mol. The Bertz CT molecular complexity index is 1530. The molecule has 2 N–H and O–H groups in total. The van der Waals surface area contributed by atoms with Crippen LogP contribution in [0.3, 0.4) is 0 Å². The summed E-state index contributed by atoms with van der Waals surface area (Å²) in [5.74, 6) is -0.290. The SMILES string of the molecule is CNC(=O)c1ccc2c(c1)ncn2-c1ccc(CNC(=O)c2cnn(C)c2Cc2ccccc2)cc1. The van der Waals surface area contributed by atoms with Gasteiger partial charge in [-0.3, -0.25) is 18.8 Å². The third kappa shape index (κ3) is 4.61. The number of imidazole rings is 1. The zero-order valence-corrected chi connectivity index (χ0v) is 20.1. The van der Waals surface area contributed by atoms with Crippen LogP contribution >= 0.6 is 0 Å². The molecule has 36 heavy (non-hydrogen) atoms. The Labute approximate surface area is 208 Å². The fourth-order valence-electron chi connectivity index (χ4n) is 4.21. The Balaban J connectivity index is 1.27. The van der Waals surface area contributed by atoms with Crippen molar-refractivity contribution in [2.24, 2.45) is 7.05 Å². The fourth-order valence-corrected chi connectivity index (χ4v) is 4.21. The summed E-state index contributed by atoms with van der Waals surface area (Å²) in [4.78, 5) is 29.3. The van der Waals surface area contributed by atoms with Gasteiger partial charge in [0.05, 0.1) is 28.5 Å². The number of hydrogen-bond acceptors (Lipinski definition) is 4. The van der Waals surface area contributed by atoms with Crippen molar-refractivity contribution in [3.05, 3.63) is 113 Å². The van der Waals surface area contributed by atoms with Crippen molar-refractivity contribution in [2.45, 2.75) is 13.0 Å². The fraction of sp³-hybridized carbons (Fsp3) is 0.143. The van der Waals surface area contributed by atoms with Crippen LogP contribution in [0.5, 0.6) is 0 Å². The number of hydrogen-bond donors (Lipinski definition) is 2. The van der Waals surface area contributed by atoms with E-state index in [-0.39, 0.29) is 11.8 Å². The minimum absolute atomic E-state index is 0.142. The molecule has 8 heteroatoms. The van der Waals surface area contributed by atoms with Crippen molar-refractivity contribution in [2.75, 3.05) is 7.05 Å². The highest BCUT2D eigenvalue weighted by atomic mass is 16.2. The number of nitrogens with one attached hydrogen (secondary N) is 2. The largest absolute Gasteiger partial charge is 0.355 e. The second kappa shape index (κ2) is 9.87. The third-order valence-electron chi connectivity index (χ3n) is 6.22. The molecule has 2 amide bonds. The highest BCUT2D eigenvalue weighted by Crippen LogP contribution is 2.20. The number of nitrogens with zero attached hydrogens (tertiary/aromatic N) is 4. The first-order valence-electron chi connectivity index (χ1n) is 11.6. The maximum atomic E-state index is 12.9. The van der Waals surface area contributed by atoms with Gasteiger partial charge in [-0.05, 0) is 41.5 Å². The van der Waals surface area contributed by atoms with Crippen LogP contribution in [0.4, 0.5) is 0 Å². The Morgan fingerprint density at radius 3 is 2.44 bits per heavy atom. The van der Waals surface area contributed by atoms with Crippen molar-refractivity contribution in [1.82, 2.24) is 30.0 Å². The second-order valence-electron chi connectivity index (χ2n) is 8.54. The monoisotopic (exact) mass is 478 g/mol. The summed E-state index contributed by atoms with van der Waals surface area (Å²) in [5, 5.41) is 9.94. The first kappa shape index (κ1) is 23.0. The van der Waals surface area contributed by atoms with E-state index in [0.29, 0.717) is 24.1 Å². The standard InChI is InChI=1S/C28H26N6O2/c1-29-27(35)21-10-13-25-24(15-21)31-18-34(25)22-11-8-20(9-12-22)16-30-28(36)23-17-32-33(2)26(23)14-19-6-4-3-5-7-19/h3-13,15,17-18H,14,16H2,1-2H3,(H,29,35)(H,30,36). The molecule has 0 saturated heterocycles. The van der Waals surface area contributed by atoms with Crippen molar-refractivity contribution in [3.63, 3.8) is 0 Å². The number of fused-ring (bicyclic) bond motifs is 1. The van der Waals surface area contributed by atoms with Crippen LogP contribution in [0.25, 0.3) is 16.7 Å². The lowest BCUT2D eigenvalue weighted by atomic mass is 10.1. The number of carbonyl (C=O) groups is 2. The van der Waals surface area contributed by atoms with Crippen LogP contribution in [0.15, 0.2) is 85.3 Å². The van der Waals surface area contributed by atoms with Crippen LogP contribution < -0.4 is 10.6 Å². The molecule has 5 aromatic rings. The van der Waals surface area contributed by atoms with E-state index in [9.17, 15) is 9.59 Å². The van der Waals surface area contributed by atoms with Gasteiger partial charge in [0.2, 0.25) is 0 Å². The summed E-state index contributed by atoms with van der Waals surface area (Å²) in [5.41, 5.74) is 6.73. The lowest BCUT2D eigenvalue weighted by Gasteiger charge is -2.09. The molecule has 0 atom stereocenters. The van der Waals surface area contributed by atoms with Gasteiger partial charge in [-0.2, -0.15) is 5.10 Å². The molecule has 0 aliphatic carbocycles. The van der Waals surface area contributed by atoms with E-state index >= 15 is 0 Å². The van der Waals surface area contributed by atoms with Crippen molar-refractivity contribution in [3.8, 4) is 5.69 Å².